The maximum atomic E-state index is 8.76. The average molecular weight is 122 g/mol. The lowest BCUT2D eigenvalue weighted by Gasteiger charge is -1.98. The van der Waals surface area contributed by atoms with Crippen LogP contribution in [0.2, 0.25) is 0 Å². The first-order valence-electron chi connectivity index (χ1n) is 3.35. The maximum Gasteiger partial charge on any atom is 0.0471 e. The molecule has 1 nitrogen and oxygen atoms in total. The normalized spacial score (nSPS) is 34.1. The van der Waals surface area contributed by atoms with Crippen molar-refractivity contribution in [3.05, 3.63) is 24.3 Å². The average Bonchev–Trinajstić information content (AvgIpc) is 2.30. The number of hydrogen-bond acceptors (Lipinski definition) is 1. The largest absolute Gasteiger partial charge is 0.396 e. The van der Waals surface area contributed by atoms with E-state index in [4.69, 9.17) is 5.11 Å². The van der Waals surface area contributed by atoms with Gasteiger partial charge in [-0.3, -0.25) is 0 Å². The summed E-state index contributed by atoms with van der Waals surface area (Å²) in [6.45, 7) is 0.342. The van der Waals surface area contributed by atoms with Gasteiger partial charge in [-0.05, 0) is 12.3 Å². The van der Waals surface area contributed by atoms with E-state index in [1.165, 1.54) is 0 Å². The highest BCUT2D eigenvalue weighted by atomic mass is 16.3. The second-order valence-electron chi connectivity index (χ2n) is 2.91. The van der Waals surface area contributed by atoms with Gasteiger partial charge in [-0.15, -0.1) is 0 Å². The van der Waals surface area contributed by atoms with Crippen molar-refractivity contribution in [1.82, 2.24) is 0 Å². The summed E-state index contributed by atoms with van der Waals surface area (Å²) in [5.41, 5.74) is 0.300. The van der Waals surface area contributed by atoms with E-state index in [0.717, 1.165) is 6.42 Å². The molecular weight excluding hydrogens is 112 g/mol. The van der Waals surface area contributed by atoms with Crippen LogP contribution in [0.1, 0.15) is 6.42 Å². The molecule has 0 aliphatic heterocycles. The molecule has 0 saturated heterocycles. The van der Waals surface area contributed by atoms with Gasteiger partial charge in [-0.2, -0.15) is 0 Å². The van der Waals surface area contributed by atoms with Crippen molar-refractivity contribution in [3.63, 3.8) is 0 Å². The van der Waals surface area contributed by atoms with E-state index >= 15 is 0 Å². The highest BCUT2D eigenvalue weighted by molar-refractivity contribution is 5.33. The monoisotopic (exact) mass is 122 g/mol. The first-order valence-corrected chi connectivity index (χ1v) is 3.35. The van der Waals surface area contributed by atoms with Gasteiger partial charge in [0.2, 0.25) is 0 Å². The van der Waals surface area contributed by atoms with Gasteiger partial charge in [-0.1, -0.05) is 24.3 Å². The van der Waals surface area contributed by atoms with E-state index in [9.17, 15) is 0 Å². The second kappa shape index (κ2) is 1.48. The molecule has 0 aromatic rings. The van der Waals surface area contributed by atoms with Crippen LogP contribution in [0.15, 0.2) is 24.3 Å². The minimum atomic E-state index is 0.300. The molecule has 1 fully saturated rings. The molecule has 1 spiro atoms. The molecule has 0 radical (unpaired) electrons. The van der Waals surface area contributed by atoms with Crippen molar-refractivity contribution in [1.29, 1.82) is 0 Å². The molecule has 2 aliphatic rings. The third kappa shape index (κ3) is 0.583. The Hall–Kier alpha value is -0.560. The molecule has 48 valence electrons. The zero-order chi connectivity index (χ0) is 6.32. The fourth-order valence-electron chi connectivity index (χ4n) is 1.54. The molecule has 1 saturated carbocycles. The zero-order valence-electron chi connectivity index (χ0n) is 5.25. The molecule has 1 N–H and O–H groups in total. The highest BCUT2D eigenvalue weighted by Crippen LogP contribution is 2.56. The molecule has 1 unspecified atom stereocenters. The highest BCUT2D eigenvalue weighted by Gasteiger charge is 2.50. The Bertz CT molecular complexity index is 167. The predicted molar refractivity (Wildman–Crippen MR) is 35.9 cm³/mol. The van der Waals surface area contributed by atoms with E-state index in [1.807, 2.05) is 0 Å². The van der Waals surface area contributed by atoms with Crippen LogP contribution in [-0.4, -0.2) is 11.7 Å². The van der Waals surface area contributed by atoms with Crippen LogP contribution < -0.4 is 0 Å². The fourth-order valence-corrected chi connectivity index (χ4v) is 1.54. The first-order chi connectivity index (χ1) is 4.37. The molecule has 0 aromatic heterocycles. The van der Waals surface area contributed by atoms with E-state index in [-0.39, 0.29) is 0 Å². The Morgan fingerprint density at radius 2 is 2.11 bits per heavy atom. The van der Waals surface area contributed by atoms with Crippen molar-refractivity contribution in [2.45, 2.75) is 6.42 Å². The summed E-state index contributed by atoms with van der Waals surface area (Å²) in [6.07, 6.45) is 9.66. The first kappa shape index (κ1) is 5.24. The van der Waals surface area contributed by atoms with Crippen molar-refractivity contribution in [2.75, 3.05) is 6.61 Å². The van der Waals surface area contributed by atoms with Crippen LogP contribution in [-0.2, 0) is 0 Å². The Morgan fingerprint density at radius 3 is 2.56 bits per heavy atom. The van der Waals surface area contributed by atoms with E-state index in [1.54, 1.807) is 0 Å². The van der Waals surface area contributed by atoms with Gasteiger partial charge in [0.15, 0.2) is 0 Å². The lowest BCUT2D eigenvalue weighted by molar-refractivity contribution is 0.266. The third-order valence-corrected chi connectivity index (χ3v) is 2.34. The fraction of sp³-hybridized carbons (Fsp3) is 0.500. The summed E-state index contributed by atoms with van der Waals surface area (Å²) >= 11 is 0. The van der Waals surface area contributed by atoms with Gasteiger partial charge in [0.1, 0.15) is 0 Å². The minimum Gasteiger partial charge on any atom is -0.396 e. The van der Waals surface area contributed by atoms with Crippen LogP contribution in [0.3, 0.4) is 0 Å². The van der Waals surface area contributed by atoms with Crippen molar-refractivity contribution < 1.29 is 5.11 Å². The van der Waals surface area contributed by atoms with Gasteiger partial charge in [0.25, 0.3) is 0 Å². The quantitative estimate of drug-likeness (QED) is 0.552. The van der Waals surface area contributed by atoms with Gasteiger partial charge in [0.05, 0.1) is 0 Å². The Labute approximate surface area is 54.7 Å². The summed E-state index contributed by atoms with van der Waals surface area (Å²) in [6, 6.07) is 0. The van der Waals surface area contributed by atoms with Gasteiger partial charge in [-0.25, -0.2) is 0 Å². The van der Waals surface area contributed by atoms with E-state index in [0.29, 0.717) is 17.9 Å². The Morgan fingerprint density at radius 1 is 1.44 bits per heavy atom. The van der Waals surface area contributed by atoms with Crippen LogP contribution in [0.25, 0.3) is 0 Å². The molecule has 1 atom stereocenters. The number of rotatable bonds is 1. The molecule has 0 bridgehead atoms. The van der Waals surface area contributed by atoms with Gasteiger partial charge in [0, 0.05) is 12.0 Å². The third-order valence-electron chi connectivity index (χ3n) is 2.34. The van der Waals surface area contributed by atoms with Crippen LogP contribution in [0.5, 0.6) is 0 Å². The van der Waals surface area contributed by atoms with E-state index < -0.39 is 0 Å². The predicted octanol–water partition coefficient (Wildman–Crippen LogP) is 1.11. The smallest absolute Gasteiger partial charge is 0.0471 e. The molecule has 2 aliphatic carbocycles. The van der Waals surface area contributed by atoms with Crippen molar-refractivity contribution >= 4 is 0 Å². The SMILES string of the molecule is OCC1CC12C=CC=C2. The topological polar surface area (TPSA) is 20.2 Å². The lowest BCUT2D eigenvalue weighted by Crippen LogP contribution is -1.95. The van der Waals surface area contributed by atoms with Crippen LogP contribution in [0, 0.1) is 11.3 Å². The second-order valence-corrected chi connectivity index (χ2v) is 2.91. The zero-order valence-corrected chi connectivity index (χ0v) is 5.25. The molecule has 0 heterocycles. The van der Waals surface area contributed by atoms with Gasteiger partial charge >= 0.3 is 0 Å². The minimum absolute atomic E-state index is 0.300. The molecular formula is C8H10O. The van der Waals surface area contributed by atoms with Crippen molar-refractivity contribution in [3.8, 4) is 0 Å². The van der Waals surface area contributed by atoms with Gasteiger partial charge < -0.3 is 5.11 Å². The molecule has 9 heavy (non-hydrogen) atoms. The summed E-state index contributed by atoms with van der Waals surface area (Å²) in [7, 11) is 0. The number of aliphatic hydroxyl groups is 1. The van der Waals surface area contributed by atoms with Crippen molar-refractivity contribution in [2.24, 2.45) is 11.3 Å². The summed E-state index contributed by atoms with van der Waals surface area (Å²) in [4.78, 5) is 0. The molecule has 2 rings (SSSR count). The molecule has 0 aromatic carbocycles. The Balaban J connectivity index is 2.14. The number of aliphatic hydroxyl groups excluding tert-OH is 1. The Kier molecular flexibility index (Phi) is 0.862. The molecule has 1 heteroatoms. The lowest BCUT2D eigenvalue weighted by atomic mass is 10.1. The summed E-state index contributed by atoms with van der Waals surface area (Å²) in [5, 5.41) is 8.76. The van der Waals surface area contributed by atoms with Crippen LogP contribution >= 0.6 is 0 Å². The standard InChI is InChI=1S/C8H10O/c9-6-7-5-8(7)3-1-2-4-8/h1-4,7,9H,5-6H2. The summed E-state index contributed by atoms with van der Waals surface area (Å²) < 4.78 is 0. The van der Waals surface area contributed by atoms with Crippen LogP contribution in [0.4, 0.5) is 0 Å². The maximum absolute atomic E-state index is 8.76. The number of allylic oxidation sites excluding steroid dienone is 4. The molecule has 0 amide bonds. The van der Waals surface area contributed by atoms with E-state index in [2.05, 4.69) is 24.3 Å². The summed E-state index contributed by atoms with van der Waals surface area (Å²) in [5.74, 6) is 0.521. The number of hydrogen-bond donors (Lipinski definition) is 1.